The van der Waals surface area contributed by atoms with Gasteiger partial charge in [0.2, 0.25) is 0 Å². The molecule has 0 spiro atoms. The average Bonchev–Trinajstić information content (AvgIpc) is 2.27. The van der Waals surface area contributed by atoms with Crippen LogP contribution in [0.2, 0.25) is 0 Å². The fourth-order valence-electron chi connectivity index (χ4n) is 1.22. The van der Waals surface area contributed by atoms with Crippen molar-refractivity contribution in [1.82, 2.24) is 4.98 Å². The molecule has 0 saturated heterocycles. The van der Waals surface area contributed by atoms with Crippen molar-refractivity contribution in [3.8, 4) is 0 Å². The Hall–Kier alpha value is -1.62. The van der Waals surface area contributed by atoms with E-state index in [1.165, 1.54) is 12.3 Å². The molecule has 2 N–H and O–H groups in total. The Morgan fingerprint density at radius 1 is 1.62 bits per heavy atom. The van der Waals surface area contributed by atoms with Crippen LogP contribution in [0.4, 0.5) is 5.82 Å². The number of carboxylic acid groups (broad SMARTS) is 1. The first kappa shape index (κ1) is 12.4. The van der Waals surface area contributed by atoms with Crippen LogP contribution < -0.4 is 5.32 Å². The summed E-state index contributed by atoms with van der Waals surface area (Å²) < 4.78 is 5.34. The van der Waals surface area contributed by atoms with Gasteiger partial charge in [-0.25, -0.2) is 9.78 Å². The van der Waals surface area contributed by atoms with Gasteiger partial charge >= 0.3 is 5.97 Å². The van der Waals surface area contributed by atoms with Gasteiger partial charge in [-0.1, -0.05) is 0 Å². The molecule has 0 bridgehead atoms. The summed E-state index contributed by atoms with van der Waals surface area (Å²) in [7, 11) is 0. The van der Waals surface area contributed by atoms with Gasteiger partial charge < -0.3 is 15.2 Å². The van der Waals surface area contributed by atoms with Crippen molar-refractivity contribution in [2.75, 3.05) is 18.5 Å². The summed E-state index contributed by atoms with van der Waals surface area (Å²) in [6, 6.07) is 3.16. The summed E-state index contributed by atoms with van der Waals surface area (Å²) in [6.07, 6.45) is 1.43. The smallest absolute Gasteiger partial charge is 0.337 e. The van der Waals surface area contributed by atoms with Crippen molar-refractivity contribution in [2.45, 2.75) is 20.0 Å². The third-order valence-corrected chi connectivity index (χ3v) is 2.03. The number of ether oxygens (including phenoxy) is 1. The van der Waals surface area contributed by atoms with Crippen LogP contribution in [-0.2, 0) is 4.74 Å². The van der Waals surface area contributed by atoms with Gasteiger partial charge in [0.25, 0.3) is 0 Å². The summed E-state index contributed by atoms with van der Waals surface area (Å²) >= 11 is 0. The van der Waals surface area contributed by atoms with Crippen LogP contribution in [-0.4, -0.2) is 35.3 Å². The van der Waals surface area contributed by atoms with Crippen molar-refractivity contribution in [3.63, 3.8) is 0 Å². The van der Waals surface area contributed by atoms with Crippen LogP contribution in [0.15, 0.2) is 18.3 Å². The van der Waals surface area contributed by atoms with Gasteiger partial charge in [-0.05, 0) is 26.0 Å². The highest BCUT2D eigenvalue weighted by Gasteiger charge is 2.04. The number of carbonyl (C=O) groups is 1. The molecule has 0 radical (unpaired) electrons. The second kappa shape index (κ2) is 6.07. The first-order valence-corrected chi connectivity index (χ1v) is 5.18. The lowest BCUT2D eigenvalue weighted by atomic mass is 10.3. The standard InChI is InChI=1S/C11H16N2O3/c1-3-16-8(2)6-12-10-5-4-9(7-13-10)11(14)15/h4-5,7-8H,3,6H2,1-2H3,(H,12,13)(H,14,15). The van der Waals surface area contributed by atoms with Crippen LogP contribution in [0.5, 0.6) is 0 Å². The maximum absolute atomic E-state index is 10.6. The number of pyridine rings is 1. The minimum absolute atomic E-state index is 0.103. The van der Waals surface area contributed by atoms with E-state index >= 15 is 0 Å². The number of nitrogens with one attached hydrogen (secondary N) is 1. The van der Waals surface area contributed by atoms with Gasteiger partial charge in [-0.15, -0.1) is 0 Å². The third-order valence-electron chi connectivity index (χ3n) is 2.03. The maximum atomic E-state index is 10.6. The van der Waals surface area contributed by atoms with Gasteiger partial charge in [0.05, 0.1) is 11.7 Å². The fraction of sp³-hybridized carbons (Fsp3) is 0.455. The minimum atomic E-state index is -0.971. The van der Waals surface area contributed by atoms with Crippen molar-refractivity contribution < 1.29 is 14.6 Å². The lowest BCUT2D eigenvalue weighted by Gasteiger charge is -2.12. The quantitative estimate of drug-likeness (QED) is 0.768. The molecule has 0 amide bonds. The van der Waals surface area contributed by atoms with E-state index in [2.05, 4.69) is 10.3 Å². The van der Waals surface area contributed by atoms with E-state index in [1.807, 2.05) is 13.8 Å². The molecule has 0 fully saturated rings. The highest BCUT2D eigenvalue weighted by atomic mass is 16.5. The Balaban J connectivity index is 2.46. The summed E-state index contributed by atoms with van der Waals surface area (Å²) in [5.74, 6) is -0.321. The number of hydrogen-bond donors (Lipinski definition) is 2. The highest BCUT2D eigenvalue weighted by Crippen LogP contribution is 2.05. The molecule has 1 rings (SSSR count). The Morgan fingerprint density at radius 3 is 2.88 bits per heavy atom. The summed E-state index contributed by atoms with van der Waals surface area (Å²) in [5, 5.41) is 11.7. The molecule has 88 valence electrons. The lowest BCUT2D eigenvalue weighted by molar-refractivity contribution is 0.0696. The summed E-state index contributed by atoms with van der Waals surface area (Å²) in [5.41, 5.74) is 0.184. The summed E-state index contributed by atoms with van der Waals surface area (Å²) in [6.45, 7) is 5.22. The predicted molar refractivity (Wildman–Crippen MR) is 60.8 cm³/mol. The predicted octanol–water partition coefficient (Wildman–Crippen LogP) is 1.62. The Bertz CT molecular complexity index is 338. The molecule has 0 aromatic carbocycles. The number of carboxylic acids is 1. The van der Waals surface area contributed by atoms with Gasteiger partial charge in [-0.3, -0.25) is 0 Å². The zero-order valence-electron chi connectivity index (χ0n) is 9.43. The Labute approximate surface area is 94.5 Å². The maximum Gasteiger partial charge on any atom is 0.337 e. The third kappa shape index (κ3) is 3.86. The van der Waals surface area contributed by atoms with Crippen LogP contribution in [0.1, 0.15) is 24.2 Å². The van der Waals surface area contributed by atoms with Crippen molar-refractivity contribution in [1.29, 1.82) is 0 Å². The molecule has 1 unspecified atom stereocenters. The molecular weight excluding hydrogens is 208 g/mol. The number of rotatable bonds is 6. The lowest BCUT2D eigenvalue weighted by Crippen LogP contribution is -2.20. The molecular formula is C11H16N2O3. The minimum Gasteiger partial charge on any atom is -0.478 e. The van der Waals surface area contributed by atoms with E-state index in [1.54, 1.807) is 6.07 Å². The Kier molecular flexibility index (Phi) is 4.72. The number of anilines is 1. The van der Waals surface area contributed by atoms with Gasteiger partial charge in [0.15, 0.2) is 0 Å². The van der Waals surface area contributed by atoms with Crippen molar-refractivity contribution in [3.05, 3.63) is 23.9 Å². The second-order valence-corrected chi connectivity index (χ2v) is 3.38. The van der Waals surface area contributed by atoms with Gasteiger partial charge in [-0.2, -0.15) is 0 Å². The Morgan fingerprint density at radius 2 is 2.38 bits per heavy atom. The summed E-state index contributed by atoms with van der Waals surface area (Å²) in [4.78, 5) is 14.6. The van der Waals surface area contributed by atoms with Crippen LogP contribution in [0.3, 0.4) is 0 Å². The zero-order valence-corrected chi connectivity index (χ0v) is 9.43. The van der Waals surface area contributed by atoms with E-state index in [0.29, 0.717) is 19.0 Å². The molecule has 1 aromatic heterocycles. The number of aromatic nitrogens is 1. The average molecular weight is 224 g/mol. The van der Waals surface area contributed by atoms with E-state index < -0.39 is 5.97 Å². The van der Waals surface area contributed by atoms with Crippen molar-refractivity contribution in [2.24, 2.45) is 0 Å². The van der Waals surface area contributed by atoms with Crippen LogP contribution in [0.25, 0.3) is 0 Å². The zero-order chi connectivity index (χ0) is 12.0. The van der Waals surface area contributed by atoms with Crippen molar-refractivity contribution >= 4 is 11.8 Å². The normalized spacial score (nSPS) is 12.1. The van der Waals surface area contributed by atoms with Crippen LogP contribution >= 0.6 is 0 Å². The van der Waals surface area contributed by atoms with E-state index in [0.717, 1.165) is 0 Å². The molecule has 1 aromatic rings. The SMILES string of the molecule is CCOC(C)CNc1ccc(C(=O)O)cn1. The molecule has 5 nitrogen and oxygen atoms in total. The first-order chi connectivity index (χ1) is 7.63. The molecule has 0 aliphatic carbocycles. The van der Waals surface area contributed by atoms with Gasteiger partial charge in [0, 0.05) is 19.3 Å². The van der Waals surface area contributed by atoms with E-state index in [4.69, 9.17) is 9.84 Å². The van der Waals surface area contributed by atoms with E-state index in [-0.39, 0.29) is 11.7 Å². The first-order valence-electron chi connectivity index (χ1n) is 5.18. The largest absolute Gasteiger partial charge is 0.478 e. The monoisotopic (exact) mass is 224 g/mol. The molecule has 1 heterocycles. The molecule has 0 saturated carbocycles. The molecule has 0 aliphatic heterocycles. The molecule has 5 heteroatoms. The second-order valence-electron chi connectivity index (χ2n) is 3.38. The van der Waals surface area contributed by atoms with E-state index in [9.17, 15) is 4.79 Å². The number of hydrogen-bond acceptors (Lipinski definition) is 4. The topological polar surface area (TPSA) is 71.5 Å². The highest BCUT2D eigenvalue weighted by molar-refractivity contribution is 5.87. The molecule has 16 heavy (non-hydrogen) atoms. The van der Waals surface area contributed by atoms with Crippen LogP contribution in [0, 0.1) is 0 Å². The molecule has 0 aliphatic rings. The number of nitrogens with zero attached hydrogens (tertiary/aromatic N) is 1. The molecule has 1 atom stereocenters. The fourth-order valence-corrected chi connectivity index (χ4v) is 1.22. The number of aromatic carboxylic acids is 1. The van der Waals surface area contributed by atoms with Gasteiger partial charge in [0.1, 0.15) is 5.82 Å².